The Labute approximate surface area is 200 Å². The second kappa shape index (κ2) is 9.72. The first-order valence-corrected chi connectivity index (χ1v) is 11.6. The van der Waals surface area contributed by atoms with Crippen molar-refractivity contribution in [2.24, 2.45) is 0 Å². The van der Waals surface area contributed by atoms with Crippen LogP contribution in [0.15, 0.2) is 72.8 Å². The molecule has 0 radical (unpaired) electrons. The number of carbonyl (C=O) groups is 2. The number of alkyl carbamates (subject to hydrolysis) is 1. The number of hydrogen-bond donors (Lipinski definition) is 2. The van der Waals surface area contributed by atoms with Crippen molar-refractivity contribution in [1.29, 1.82) is 0 Å². The lowest BCUT2D eigenvalue weighted by atomic mass is 9.86. The molecule has 0 heterocycles. The van der Waals surface area contributed by atoms with Crippen molar-refractivity contribution in [2.75, 3.05) is 6.61 Å². The van der Waals surface area contributed by atoms with Gasteiger partial charge in [-0.05, 0) is 45.2 Å². The molecule has 0 spiro atoms. The van der Waals surface area contributed by atoms with E-state index in [1.54, 1.807) is 0 Å². The zero-order chi connectivity index (χ0) is 24.3. The van der Waals surface area contributed by atoms with Crippen molar-refractivity contribution in [1.82, 2.24) is 5.32 Å². The maximum absolute atomic E-state index is 12.7. The van der Waals surface area contributed by atoms with Crippen LogP contribution in [0.25, 0.3) is 11.1 Å². The molecule has 34 heavy (non-hydrogen) atoms. The topological polar surface area (TPSA) is 75.6 Å². The standard InChI is InChI=1S/C29H31NO4/c1-29(2,3)20-14-12-19(13-15-20)16-21(17-27(31)32)30-28(33)34-18-26-24-10-6-4-8-22(24)23-9-5-7-11-25(23)26/h4-15,21,26H,16-18H2,1-3H3,(H,30,33)(H,31,32). The molecular weight excluding hydrogens is 426 g/mol. The highest BCUT2D eigenvalue weighted by Crippen LogP contribution is 2.44. The fraction of sp³-hybridized carbons (Fsp3) is 0.310. The minimum atomic E-state index is -0.963. The molecule has 3 aromatic rings. The van der Waals surface area contributed by atoms with Gasteiger partial charge in [0.15, 0.2) is 0 Å². The minimum Gasteiger partial charge on any atom is -0.481 e. The number of benzene rings is 3. The number of carbonyl (C=O) groups excluding carboxylic acids is 1. The van der Waals surface area contributed by atoms with Crippen LogP contribution < -0.4 is 5.32 Å². The maximum Gasteiger partial charge on any atom is 0.407 e. The van der Waals surface area contributed by atoms with Crippen molar-refractivity contribution in [3.63, 3.8) is 0 Å². The molecule has 1 atom stereocenters. The lowest BCUT2D eigenvalue weighted by Gasteiger charge is -2.21. The van der Waals surface area contributed by atoms with Crippen LogP contribution >= 0.6 is 0 Å². The molecule has 1 aliphatic carbocycles. The molecule has 0 aromatic heterocycles. The summed E-state index contributed by atoms with van der Waals surface area (Å²) < 4.78 is 5.61. The molecule has 0 saturated heterocycles. The highest BCUT2D eigenvalue weighted by Gasteiger charge is 2.29. The molecule has 0 saturated carbocycles. The molecule has 176 valence electrons. The number of amides is 1. The lowest BCUT2D eigenvalue weighted by Crippen LogP contribution is -2.39. The number of aliphatic carboxylic acids is 1. The van der Waals surface area contributed by atoms with E-state index in [9.17, 15) is 14.7 Å². The van der Waals surface area contributed by atoms with Gasteiger partial charge in [-0.15, -0.1) is 0 Å². The van der Waals surface area contributed by atoms with Gasteiger partial charge in [-0.25, -0.2) is 4.79 Å². The molecular formula is C29H31NO4. The summed E-state index contributed by atoms with van der Waals surface area (Å²) in [5.74, 6) is -1.00. The number of carboxylic acid groups (broad SMARTS) is 1. The number of rotatable bonds is 7. The third-order valence-corrected chi connectivity index (χ3v) is 6.39. The fourth-order valence-corrected chi connectivity index (χ4v) is 4.62. The third kappa shape index (κ3) is 5.30. The molecule has 2 N–H and O–H groups in total. The summed E-state index contributed by atoms with van der Waals surface area (Å²) in [5, 5.41) is 12.1. The van der Waals surface area contributed by atoms with Gasteiger partial charge in [0, 0.05) is 12.0 Å². The Kier molecular flexibility index (Phi) is 6.73. The normalized spacial score (nSPS) is 13.6. The molecule has 5 nitrogen and oxygen atoms in total. The van der Waals surface area contributed by atoms with Crippen LogP contribution in [0.1, 0.15) is 55.4 Å². The first-order valence-electron chi connectivity index (χ1n) is 11.6. The summed E-state index contributed by atoms with van der Waals surface area (Å²) in [6.07, 6.45) is -0.356. The summed E-state index contributed by atoms with van der Waals surface area (Å²) in [7, 11) is 0. The van der Waals surface area contributed by atoms with E-state index in [-0.39, 0.29) is 24.4 Å². The Morgan fingerprint density at radius 2 is 1.47 bits per heavy atom. The van der Waals surface area contributed by atoms with Crippen LogP contribution in [0.2, 0.25) is 0 Å². The molecule has 4 rings (SSSR count). The average molecular weight is 458 g/mol. The Balaban J connectivity index is 1.41. The van der Waals surface area contributed by atoms with Crippen molar-refractivity contribution in [3.05, 3.63) is 95.1 Å². The summed E-state index contributed by atoms with van der Waals surface area (Å²) >= 11 is 0. The minimum absolute atomic E-state index is 0.0402. The SMILES string of the molecule is CC(C)(C)c1ccc(CC(CC(=O)O)NC(=O)OCC2c3ccccc3-c3ccccc32)cc1. The van der Waals surface area contributed by atoms with Gasteiger partial charge < -0.3 is 15.2 Å². The van der Waals surface area contributed by atoms with Crippen molar-refractivity contribution >= 4 is 12.1 Å². The van der Waals surface area contributed by atoms with Gasteiger partial charge in [0.05, 0.1) is 6.42 Å². The third-order valence-electron chi connectivity index (χ3n) is 6.39. The lowest BCUT2D eigenvalue weighted by molar-refractivity contribution is -0.137. The van der Waals surface area contributed by atoms with E-state index in [0.29, 0.717) is 6.42 Å². The van der Waals surface area contributed by atoms with Gasteiger partial charge >= 0.3 is 12.1 Å². The number of hydrogen-bond acceptors (Lipinski definition) is 3. The zero-order valence-corrected chi connectivity index (χ0v) is 19.9. The van der Waals surface area contributed by atoms with Crippen LogP contribution in [0.4, 0.5) is 4.79 Å². The maximum atomic E-state index is 12.7. The van der Waals surface area contributed by atoms with E-state index in [4.69, 9.17) is 4.74 Å². The van der Waals surface area contributed by atoms with Crippen LogP contribution in [0, 0.1) is 0 Å². The van der Waals surface area contributed by atoms with Gasteiger partial charge in [0.25, 0.3) is 0 Å². The summed E-state index contributed by atoms with van der Waals surface area (Å²) in [5.41, 5.74) is 6.81. The fourth-order valence-electron chi connectivity index (χ4n) is 4.62. The van der Waals surface area contributed by atoms with E-state index in [1.165, 1.54) is 5.56 Å². The number of carboxylic acids is 1. The van der Waals surface area contributed by atoms with Gasteiger partial charge in [0.1, 0.15) is 6.61 Å². The number of ether oxygens (including phenoxy) is 1. The summed E-state index contributed by atoms with van der Waals surface area (Å²) in [4.78, 5) is 24.1. The van der Waals surface area contributed by atoms with Gasteiger partial charge in [-0.1, -0.05) is 93.6 Å². The zero-order valence-electron chi connectivity index (χ0n) is 19.9. The Morgan fingerprint density at radius 1 is 0.912 bits per heavy atom. The number of fused-ring (bicyclic) bond motifs is 3. The quantitative estimate of drug-likeness (QED) is 0.463. The number of nitrogens with one attached hydrogen (secondary N) is 1. The molecule has 1 unspecified atom stereocenters. The van der Waals surface area contributed by atoms with E-state index in [0.717, 1.165) is 27.8 Å². The first kappa shape index (κ1) is 23.6. The summed E-state index contributed by atoms with van der Waals surface area (Å²) in [6.45, 7) is 6.63. The monoisotopic (exact) mass is 457 g/mol. The van der Waals surface area contributed by atoms with Crippen LogP contribution in [0.5, 0.6) is 0 Å². The highest BCUT2D eigenvalue weighted by atomic mass is 16.5. The van der Waals surface area contributed by atoms with Crippen molar-refractivity contribution in [3.8, 4) is 11.1 Å². The van der Waals surface area contributed by atoms with E-state index in [2.05, 4.69) is 62.5 Å². The van der Waals surface area contributed by atoms with Crippen LogP contribution in [-0.4, -0.2) is 29.8 Å². The van der Waals surface area contributed by atoms with Crippen molar-refractivity contribution < 1.29 is 19.4 Å². The molecule has 5 heteroatoms. The van der Waals surface area contributed by atoms with Gasteiger partial charge in [-0.2, -0.15) is 0 Å². The predicted octanol–water partition coefficient (Wildman–Crippen LogP) is 5.91. The smallest absolute Gasteiger partial charge is 0.407 e. The molecule has 1 amide bonds. The van der Waals surface area contributed by atoms with Gasteiger partial charge in [0.2, 0.25) is 0 Å². The first-order chi connectivity index (χ1) is 16.2. The Bertz CT molecular complexity index is 1130. The van der Waals surface area contributed by atoms with Crippen molar-refractivity contribution in [2.45, 2.75) is 51.0 Å². The molecule has 3 aromatic carbocycles. The molecule has 0 bridgehead atoms. The van der Waals surface area contributed by atoms with E-state index < -0.39 is 18.1 Å². The Hall–Kier alpha value is -3.60. The van der Waals surface area contributed by atoms with Gasteiger partial charge in [-0.3, -0.25) is 4.79 Å². The predicted molar refractivity (Wildman–Crippen MR) is 133 cm³/mol. The van der Waals surface area contributed by atoms with E-state index >= 15 is 0 Å². The van der Waals surface area contributed by atoms with E-state index in [1.807, 2.05) is 36.4 Å². The molecule has 0 fully saturated rings. The molecule has 0 aliphatic heterocycles. The second-order valence-corrected chi connectivity index (χ2v) is 9.92. The Morgan fingerprint density at radius 3 is 2.00 bits per heavy atom. The van der Waals surface area contributed by atoms with Crippen LogP contribution in [0.3, 0.4) is 0 Å². The highest BCUT2D eigenvalue weighted by molar-refractivity contribution is 5.79. The largest absolute Gasteiger partial charge is 0.481 e. The average Bonchev–Trinajstić information content (AvgIpc) is 3.11. The summed E-state index contributed by atoms with van der Waals surface area (Å²) in [6, 6.07) is 23.8. The van der Waals surface area contributed by atoms with Crippen LogP contribution in [-0.2, 0) is 21.4 Å². The molecule has 1 aliphatic rings. The second-order valence-electron chi connectivity index (χ2n) is 9.92.